The van der Waals surface area contributed by atoms with Gasteiger partial charge in [-0.15, -0.1) is 0 Å². The number of hydrogen-bond acceptors (Lipinski definition) is 3. The monoisotopic (exact) mass is 328 g/mol. The van der Waals surface area contributed by atoms with Gasteiger partial charge in [0, 0.05) is 12.4 Å². The Hall–Kier alpha value is -3.47. The van der Waals surface area contributed by atoms with E-state index in [0.29, 0.717) is 5.56 Å². The van der Waals surface area contributed by atoms with E-state index < -0.39 is 0 Å². The quantitative estimate of drug-likeness (QED) is 0.602. The second kappa shape index (κ2) is 6.57. The maximum absolute atomic E-state index is 12.6. The number of aromatic amines is 1. The number of carbonyl (C=O) groups excluding carboxylic acids is 1. The fourth-order valence-corrected chi connectivity index (χ4v) is 2.85. The second-order valence-corrected chi connectivity index (χ2v) is 5.74. The van der Waals surface area contributed by atoms with E-state index in [9.17, 15) is 4.79 Å². The third-order valence-electron chi connectivity index (χ3n) is 4.11. The summed E-state index contributed by atoms with van der Waals surface area (Å²) in [5.74, 6) is -0.160. The van der Waals surface area contributed by atoms with Crippen molar-refractivity contribution in [2.45, 2.75) is 6.04 Å². The lowest BCUT2D eigenvalue weighted by molar-refractivity contribution is 0.0942. The van der Waals surface area contributed by atoms with E-state index in [0.717, 1.165) is 22.2 Å². The van der Waals surface area contributed by atoms with E-state index in [2.05, 4.69) is 20.3 Å². The third kappa shape index (κ3) is 3.12. The molecule has 122 valence electrons. The molecule has 5 heteroatoms. The van der Waals surface area contributed by atoms with Gasteiger partial charge in [-0.2, -0.15) is 0 Å². The lowest BCUT2D eigenvalue weighted by atomic mass is 9.98. The molecule has 0 saturated carbocycles. The molecule has 4 rings (SSSR count). The van der Waals surface area contributed by atoms with Gasteiger partial charge >= 0.3 is 0 Å². The molecule has 0 fully saturated rings. The van der Waals surface area contributed by atoms with E-state index in [1.165, 1.54) is 0 Å². The van der Waals surface area contributed by atoms with Gasteiger partial charge in [-0.1, -0.05) is 36.4 Å². The number of H-pyrrole nitrogens is 1. The summed E-state index contributed by atoms with van der Waals surface area (Å²) in [6.45, 7) is 0. The van der Waals surface area contributed by atoms with Crippen LogP contribution in [0.25, 0.3) is 11.0 Å². The molecule has 4 aromatic rings. The Morgan fingerprint density at radius 1 is 1.00 bits per heavy atom. The van der Waals surface area contributed by atoms with Crippen molar-refractivity contribution in [1.82, 2.24) is 20.3 Å². The number of nitrogens with zero attached hydrogens (tertiary/aromatic N) is 2. The Bertz CT molecular complexity index is 996. The van der Waals surface area contributed by atoms with Crippen molar-refractivity contribution in [3.63, 3.8) is 0 Å². The molecule has 0 saturated heterocycles. The molecule has 5 nitrogen and oxygen atoms in total. The number of nitrogens with one attached hydrogen (secondary N) is 2. The molecular formula is C20H16N4O. The summed E-state index contributed by atoms with van der Waals surface area (Å²) in [5, 5.41) is 3.11. The van der Waals surface area contributed by atoms with E-state index in [1.807, 2.05) is 48.5 Å². The molecule has 0 spiro atoms. The predicted molar refractivity (Wildman–Crippen MR) is 96.1 cm³/mol. The maximum Gasteiger partial charge on any atom is 0.253 e. The minimum atomic E-state index is -0.262. The van der Waals surface area contributed by atoms with Crippen LogP contribution in [0.2, 0.25) is 0 Å². The molecule has 2 heterocycles. The van der Waals surface area contributed by atoms with Crippen LogP contribution in [0.3, 0.4) is 0 Å². The second-order valence-electron chi connectivity index (χ2n) is 5.74. The van der Waals surface area contributed by atoms with Gasteiger partial charge < -0.3 is 10.3 Å². The van der Waals surface area contributed by atoms with E-state index >= 15 is 0 Å². The molecule has 0 aliphatic heterocycles. The van der Waals surface area contributed by atoms with Crippen molar-refractivity contribution in [3.05, 3.63) is 96.1 Å². The van der Waals surface area contributed by atoms with Gasteiger partial charge in [0.2, 0.25) is 0 Å². The van der Waals surface area contributed by atoms with Crippen molar-refractivity contribution in [1.29, 1.82) is 0 Å². The molecule has 1 atom stereocenters. The predicted octanol–water partition coefficient (Wildman–Crippen LogP) is 3.48. The first-order valence-corrected chi connectivity index (χ1v) is 8.00. The van der Waals surface area contributed by atoms with Crippen LogP contribution in [0.4, 0.5) is 0 Å². The third-order valence-corrected chi connectivity index (χ3v) is 4.11. The van der Waals surface area contributed by atoms with Gasteiger partial charge in [0.15, 0.2) is 0 Å². The summed E-state index contributed by atoms with van der Waals surface area (Å²) in [6, 6.07) is 19.1. The van der Waals surface area contributed by atoms with Gasteiger partial charge in [-0.05, 0) is 35.4 Å². The SMILES string of the molecule is O=C(N[C@H](c1ccccc1)c1ccc2nc[nH]c2c1)c1cccnc1. The molecule has 2 N–H and O–H groups in total. The van der Waals surface area contributed by atoms with Crippen LogP contribution >= 0.6 is 0 Å². The summed E-state index contributed by atoms with van der Waals surface area (Å²) in [4.78, 5) is 24.0. The zero-order valence-corrected chi connectivity index (χ0v) is 13.4. The van der Waals surface area contributed by atoms with Gasteiger partial charge in [0.05, 0.1) is 29.0 Å². The Balaban J connectivity index is 1.72. The maximum atomic E-state index is 12.6. The number of aromatic nitrogens is 3. The van der Waals surface area contributed by atoms with Crippen LogP contribution < -0.4 is 5.32 Å². The number of benzene rings is 2. The summed E-state index contributed by atoms with van der Waals surface area (Å²) in [5.41, 5.74) is 4.37. The standard InChI is InChI=1S/C20H16N4O/c25-20(16-7-4-10-21-12-16)24-19(14-5-2-1-3-6-14)15-8-9-17-18(11-15)23-13-22-17/h1-13,19H,(H,22,23)(H,24,25)/t19-/m1/s1. The fourth-order valence-electron chi connectivity index (χ4n) is 2.85. The molecule has 2 aromatic heterocycles. The van der Waals surface area contributed by atoms with Crippen LogP contribution in [0.1, 0.15) is 27.5 Å². The minimum absolute atomic E-state index is 0.160. The number of rotatable bonds is 4. The number of imidazole rings is 1. The highest BCUT2D eigenvalue weighted by molar-refractivity contribution is 5.94. The largest absolute Gasteiger partial charge is 0.345 e. The van der Waals surface area contributed by atoms with E-state index in [-0.39, 0.29) is 11.9 Å². The molecule has 0 unspecified atom stereocenters. The Morgan fingerprint density at radius 3 is 2.68 bits per heavy atom. The first-order chi connectivity index (χ1) is 12.3. The molecule has 0 bridgehead atoms. The highest BCUT2D eigenvalue weighted by Crippen LogP contribution is 2.25. The first kappa shape index (κ1) is 15.1. The normalized spacial score (nSPS) is 12.0. The van der Waals surface area contributed by atoms with Crippen LogP contribution in [-0.2, 0) is 0 Å². The number of hydrogen-bond donors (Lipinski definition) is 2. The number of amides is 1. The van der Waals surface area contributed by atoms with Crippen LogP contribution in [0.15, 0.2) is 79.4 Å². The average Bonchev–Trinajstić information content (AvgIpc) is 3.15. The lowest BCUT2D eigenvalue weighted by Crippen LogP contribution is -2.29. The van der Waals surface area contributed by atoms with Crippen LogP contribution in [0.5, 0.6) is 0 Å². The molecule has 0 radical (unpaired) electrons. The van der Waals surface area contributed by atoms with Gasteiger partial charge in [0.25, 0.3) is 5.91 Å². The van der Waals surface area contributed by atoms with Crippen molar-refractivity contribution in [2.75, 3.05) is 0 Å². The van der Waals surface area contributed by atoms with Gasteiger partial charge in [-0.3, -0.25) is 9.78 Å². The molecule has 2 aromatic carbocycles. The topological polar surface area (TPSA) is 70.7 Å². The zero-order chi connectivity index (χ0) is 17.1. The molecule has 0 aliphatic carbocycles. The highest BCUT2D eigenvalue weighted by atomic mass is 16.1. The summed E-state index contributed by atoms with van der Waals surface area (Å²) in [7, 11) is 0. The highest BCUT2D eigenvalue weighted by Gasteiger charge is 2.18. The lowest BCUT2D eigenvalue weighted by Gasteiger charge is -2.20. The molecule has 25 heavy (non-hydrogen) atoms. The number of fused-ring (bicyclic) bond motifs is 1. The molecule has 0 aliphatic rings. The average molecular weight is 328 g/mol. The van der Waals surface area contributed by atoms with Crippen LogP contribution in [0, 0.1) is 0 Å². The van der Waals surface area contributed by atoms with E-state index in [1.54, 1.807) is 30.9 Å². The summed E-state index contributed by atoms with van der Waals surface area (Å²) >= 11 is 0. The Morgan fingerprint density at radius 2 is 1.88 bits per heavy atom. The van der Waals surface area contributed by atoms with E-state index in [4.69, 9.17) is 0 Å². The number of pyridine rings is 1. The smallest absolute Gasteiger partial charge is 0.253 e. The Kier molecular flexibility index (Phi) is 3.96. The van der Waals surface area contributed by atoms with Gasteiger partial charge in [0.1, 0.15) is 0 Å². The fraction of sp³-hybridized carbons (Fsp3) is 0.0500. The zero-order valence-electron chi connectivity index (χ0n) is 13.4. The van der Waals surface area contributed by atoms with Crippen molar-refractivity contribution in [2.24, 2.45) is 0 Å². The van der Waals surface area contributed by atoms with Crippen molar-refractivity contribution >= 4 is 16.9 Å². The first-order valence-electron chi connectivity index (χ1n) is 8.00. The van der Waals surface area contributed by atoms with Crippen molar-refractivity contribution in [3.8, 4) is 0 Å². The van der Waals surface area contributed by atoms with Gasteiger partial charge in [-0.25, -0.2) is 4.98 Å². The minimum Gasteiger partial charge on any atom is -0.345 e. The summed E-state index contributed by atoms with van der Waals surface area (Å²) < 4.78 is 0. The number of carbonyl (C=O) groups is 1. The summed E-state index contributed by atoms with van der Waals surface area (Å²) in [6.07, 6.45) is 4.88. The van der Waals surface area contributed by atoms with Crippen molar-refractivity contribution < 1.29 is 4.79 Å². The molecule has 1 amide bonds. The molecular weight excluding hydrogens is 312 g/mol. The Labute approximate surface area is 144 Å². The van der Waals surface area contributed by atoms with Crippen LogP contribution in [-0.4, -0.2) is 20.9 Å².